The Morgan fingerprint density at radius 1 is 1.14 bits per heavy atom. The van der Waals surface area contributed by atoms with Crippen molar-refractivity contribution < 1.29 is 27.1 Å². The summed E-state index contributed by atoms with van der Waals surface area (Å²) < 4.78 is 57.3. The Bertz CT molecular complexity index is 1190. The van der Waals surface area contributed by atoms with E-state index in [1.165, 1.54) is 4.90 Å². The molecule has 2 aliphatic rings. The Kier molecular flexibility index (Phi) is 6.45. The highest BCUT2D eigenvalue weighted by Crippen LogP contribution is 2.40. The predicted octanol–water partition coefficient (Wildman–Crippen LogP) is 4.30. The van der Waals surface area contributed by atoms with E-state index < -0.39 is 12.2 Å². The Morgan fingerprint density at radius 2 is 1.94 bits per heavy atom. The molecule has 2 aromatic heterocycles. The number of methoxy groups -OCH3 is 1. The number of ether oxygens (including phenoxy) is 2. The number of fused-ring (bicyclic) bond motifs is 1. The number of nitrogens with one attached hydrogen (secondary N) is 1. The van der Waals surface area contributed by atoms with E-state index in [2.05, 4.69) is 20.2 Å². The Hall–Kier alpha value is -3.05. The fraction of sp³-hybridized carbons (Fsp3) is 0.500. The molecular formula is C24H28F3N5O3. The van der Waals surface area contributed by atoms with Crippen LogP contribution in [0.2, 0.25) is 0 Å². The number of anilines is 2. The van der Waals surface area contributed by atoms with E-state index in [0.717, 1.165) is 24.3 Å². The summed E-state index contributed by atoms with van der Waals surface area (Å²) in [6, 6.07) is 4.46. The van der Waals surface area contributed by atoms with Gasteiger partial charge in [-0.2, -0.15) is 13.2 Å². The fourth-order valence-electron chi connectivity index (χ4n) is 4.88. The molecule has 0 radical (unpaired) electrons. The molecule has 0 unspecified atom stereocenters. The van der Waals surface area contributed by atoms with Gasteiger partial charge in [-0.05, 0) is 31.5 Å². The number of aromatic nitrogens is 2. The number of halogens is 3. The van der Waals surface area contributed by atoms with Crippen molar-refractivity contribution in [1.82, 2.24) is 14.9 Å². The van der Waals surface area contributed by atoms with Crippen molar-refractivity contribution in [3.8, 4) is 16.9 Å². The number of likely N-dealkylation sites (tertiary alicyclic amines) is 1. The summed E-state index contributed by atoms with van der Waals surface area (Å²) >= 11 is 0. The number of morpholine rings is 1. The van der Waals surface area contributed by atoms with Crippen LogP contribution >= 0.6 is 0 Å². The minimum atomic E-state index is -4.27. The van der Waals surface area contributed by atoms with Crippen LogP contribution in [0, 0.1) is 0 Å². The summed E-state index contributed by atoms with van der Waals surface area (Å²) in [6.45, 7) is 3.32. The monoisotopic (exact) mass is 491 g/mol. The van der Waals surface area contributed by atoms with Crippen LogP contribution in [0.4, 0.5) is 24.7 Å². The molecule has 1 atom stereocenters. The molecular weight excluding hydrogens is 463 g/mol. The van der Waals surface area contributed by atoms with Crippen LogP contribution in [0.5, 0.6) is 5.75 Å². The first-order chi connectivity index (χ1) is 16.9. The first-order valence-electron chi connectivity index (χ1n) is 11.7. The van der Waals surface area contributed by atoms with Gasteiger partial charge in [-0.25, -0.2) is 9.97 Å². The second-order valence-electron chi connectivity index (χ2n) is 8.72. The van der Waals surface area contributed by atoms with Crippen molar-refractivity contribution in [2.75, 3.05) is 57.2 Å². The average Bonchev–Trinajstić information content (AvgIpc) is 3.51. The molecule has 8 nitrogen and oxygen atoms in total. The van der Waals surface area contributed by atoms with Crippen LogP contribution in [0.3, 0.4) is 0 Å². The maximum Gasteiger partial charge on any atom is 0.404 e. The molecule has 3 aromatic rings. The molecule has 4 heterocycles. The third-order valence-corrected chi connectivity index (χ3v) is 6.64. The molecule has 188 valence electrons. The van der Waals surface area contributed by atoms with E-state index in [1.807, 2.05) is 18.2 Å². The summed E-state index contributed by atoms with van der Waals surface area (Å²) in [5.74, 6) is 1.40. The molecule has 2 aliphatic heterocycles. The van der Waals surface area contributed by atoms with Crippen LogP contribution < -0.4 is 15.0 Å². The van der Waals surface area contributed by atoms with E-state index in [0.29, 0.717) is 60.2 Å². The number of alkyl halides is 3. The lowest BCUT2D eigenvalue weighted by molar-refractivity contribution is -0.177. The number of hydrogen-bond acceptors (Lipinski definition) is 8. The topological polar surface area (TPSA) is 75.9 Å². The van der Waals surface area contributed by atoms with E-state index in [1.54, 1.807) is 20.4 Å². The van der Waals surface area contributed by atoms with Crippen LogP contribution in [-0.2, 0) is 11.3 Å². The summed E-state index contributed by atoms with van der Waals surface area (Å²) in [7, 11) is 3.30. The van der Waals surface area contributed by atoms with Gasteiger partial charge in [-0.1, -0.05) is 0 Å². The largest absolute Gasteiger partial charge is 0.496 e. The summed E-state index contributed by atoms with van der Waals surface area (Å²) in [5.41, 5.74) is 3.47. The van der Waals surface area contributed by atoms with Crippen LogP contribution in [0.15, 0.2) is 28.9 Å². The molecule has 5 rings (SSSR count). The standard InChI is InChI=1S/C24H28F3N5O3/c1-28-23-22-21(29-20(30-23)13-32-7-3-4-19(32)24(25,26)27)17(14-35-22)16-6-5-15(12-18(16)33-2)31-8-10-34-11-9-31/h5-6,12,14,19H,3-4,7-11,13H2,1-2H3,(H,28,29,30)/t19-/m1/s1. The second-order valence-corrected chi connectivity index (χ2v) is 8.72. The zero-order valence-corrected chi connectivity index (χ0v) is 19.7. The van der Waals surface area contributed by atoms with Gasteiger partial charge < -0.3 is 24.1 Å². The van der Waals surface area contributed by atoms with Gasteiger partial charge in [0.05, 0.1) is 32.4 Å². The van der Waals surface area contributed by atoms with Gasteiger partial charge in [0.1, 0.15) is 29.4 Å². The van der Waals surface area contributed by atoms with Crippen molar-refractivity contribution in [3.63, 3.8) is 0 Å². The normalized spacial score (nSPS) is 19.5. The minimum absolute atomic E-state index is 0.00647. The van der Waals surface area contributed by atoms with E-state index in [9.17, 15) is 13.2 Å². The number of hydrogen-bond donors (Lipinski definition) is 1. The van der Waals surface area contributed by atoms with Gasteiger partial charge in [0.15, 0.2) is 11.4 Å². The number of furan rings is 1. The summed E-state index contributed by atoms with van der Waals surface area (Å²) in [6.07, 6.45) is -2.10. The van der Waals surface area contributed by atoms with Crippen molar-refractivity contribution in [2.45, 2.75) is 31.6 Å². The Labute approximate surface area is 201 Å². The second kappa shape index (κ2) is 9.54. The van der Waals surface area contributed by atoms with Crippen LogP contribution in [0.25, 0.3) is 22.2 Å². The van der Waals surface area contributed by atoms with E-state index >= 15 is 0 Å². The lowest BCUT2D eigenvalue weighted by atomic mass is 10.1. The molecule has 2 saturated heterocycles. The molecule has 1 N–H and O–H groups in total. The average molecular weight is 492 g/mol. The number of nitrogens with zero attached hydrogens (tertiary/aromatic N) is 4. The highest BCUT2D eigenvalue weighted by atomic mass is 19.4. The molecule has 2 fully saturated rings. The molecule has 35 heavy (non-hydrogen) atoms. The highest BCUT2D eigenvalue weighted by Gasteiger charge is 2.46. The predicted molar refractivity (Wildman–Crippen MR) is 126 cm³/mol. The number of rotatable bonds is 6. The van der Waals surface area contributed by atoms with Crippen molar-refractivity contribution >= 4 is 22.6 Å². The number of benzene rings is 1. The zero-order chi connectivity index (χ0) is 24.6. The first kappa shape index (κ1) is 23.7. The van der Waals surface area contributed by atoms with Gasteiger partial charge in [0, 0.05) is 37.5 Å². The van der Waals surface area contributed by atoms with Gasteiger partial charge in [-0.3, -0.25) is 4.90 Å². The van der Waals surface area contributed by atoms with Crippen LogP contribution in [-0.4, -0.2) is 74.1 Å². The fourth-order valence-corrected chi connectivity index (χ4v) is 4.88. The third kappa shape index (κ3) is 4.62. The van der Waals surface area contributed by atoms with Crippen LogP contribution in [0.1, 0.15) is 18.7 Å². The molecule has 0 bridgehead atoms. The molecule has 0 amide bonds. The first-order valence-corrected chi connectivity index (χ1v) is 11.7. The lowest BCUT2D eigenvalue weighted by Gasteiger charge is -2.29. The molecule has 11 heteroatoms. The maximum absolute atomic E-state index is 13.5. The van der Waals surface area contributed by atoms with Crippen molar-refractivity contribution in [2.24, 2.45) is 0 Å². The van der Waals surface area contributed by atoms with Crippen molar-refractivity contribution in [1.29, 1.82) is 0 Å². The molecule has 0 aliphatic carbocycles. The summed E-state index contributed by atoms with van der Waals surface area (Å²) in [4.78, 5) is 12.7. The highest BCUT2D eigenvalue weighted by molar-refractivity contribution is 5.97. The molecule has 1 aromatic carbocycles. The lowest BCUT2D eigenvalue weighted by Crippen LogP contribution is -2.41. The quantitative estimate of drug-likeness (QED) is 0.547. The van der Waals surface area contributed by atoms with Gasteiger partial charge >= 0.3 is 6.18 Å². The van der Waals surface area contributed by atoms with Gasteiger partial charge in [-0.15, -0.1) is 0 Å². The van der Waals surface area contributed by atoms with Crippen molar-refractivity contribution in [3.05, 3.63) is 30.3 Å². The SMILES string of the molecule is CNc1nc(CN2CCC[C@@H]2C(F)(F)F)nc2c(-c3ccc(N4CCOCC4)cc3OC)coc12. The third-order valence-electron chi connectivity index (χ3n) is 6.64. The smallest absolute Gasteiger partial charge is 0.404 e. The maximum atomic E-state index is 13.5. The Balaban J connectivity index is 1.52. The van der Waals surface area contributed by atoms with E-state index in [4.69, 9.17) is 13.9 Å². The minimum Gasteiger partial charge on any atom is -0.496 e. The van der Waals surface area contributed by atoms with Gasteiger partial charge in [0.25, 0.3) is 0 Å². The van der Waals surface area contributed by atoms with E-state index in [-0.39, 0.29) is 13.0 Å². The summed E-state index contributed by atoms with van der Waals surface area (Å²) in [5, 5.41) is 2.99. The zero-order valence-electron chi connectivity index (χ0n) is 19.7. The van der Waals surface area contributed by atoms with Gasteiger partial charge in [0.2, 0.25) is 0 Å². The Morgan fingerprint density at radius 3 is 2.66 bits per heavy atom. The molecule has 0 spiro atoms. The molecule has 0 saturated carbocycles.